The quantitative estimate of drug-likeness (QED) is 0.626. The largest absolute Gasteiger partial charge is 0.493 e. The zero-order chi connectivity index (χ0) is 20.6. The number of hydrogen-bond acceptors (Lipinski definition) is 9. The molecule has 3 aromatic rings. The Morgan fingerprint density at radius 2 is 2.00 bits per heavy atom. The molecule has 0 fully saturated rings. The standard InChI is InChI=1S/C18H19N3O6S2/c1-10-19-17(27-20-10)16-12-6-7-26-9-15(12)28-18(16)21-29(22,23)11-4-5-13(24-2)14(8-11)25-3/h4-5,8,21H,6-7,9H2,1-3H3. The van der Waals surface area contributed by atoms with Crippen molar-refractivity contribution >= 4 is 26.4 Å². The summed E-state index contributed by atoms with van der Waals surface area (Å²) in [7, 11) is -0.963. The molecule has 29 heavy (non-hydrogen) atoms. The molecule has 1 aliphatic rings. The van der Waals surface area contributed by atoms with Gasteiger partial charge in [-0.2, -0.15) is 4.98 Å². The fourth-order valence-electron chi connectivity index (χ4n) is 3.09. The van der Waals surface area contributed by atoms with Crippen molar-refractivity contribution in [2.75, 3.05) is 25.5 Å². The predicted molar refractivity (Wildman–Crippen MR) is 106 cm³/mol. The minimum absolute atomic E-state index is 0.0467. The van der Waals surface area contributed by atoms with E-state index >= 15 is 0 Å². The maximum atomic E-state index is 13.1. The van der Waals surface area contributed by atoms with Crippen LogP contribution in [-0.2, 0) is 27.8 Å². The van der Waals surface area contributed by atoms with E-state index in [0.717, 1.165) is 10.4 Å². The SMILES string of the molecule is COc1ccc(S(=O)(=O)Nc2sc3c(c2-c2nc(C)no2)CCOC3)cc1OC. The summed E-state index contributed by atoms with van der Waals surface area (Å²) in [6.45, 7) is 2.67. The number of fused-ring (bicyclic) bond motifs is 1. The molecule has 0 spiro atoms. The minimum Gasteiger partial charge on any atom is -0.493 e. The first kappa shape index (κ1) is 19.7. The van der Waals surface area contributed by atoms with Crippen molar-refractivity contribution in [1.82, 2.24) is 10.1 Å². The Hall–Kier alpha value is -2.63. The van der Waals surface area contributed by atoms with Crippen LogP contribution in [0.4, 0.5) is 5.00 Å². The molecule has 9 nitrogen and oxygen atoms in total. The highest BCUT2D eigenvalue weighted by Gasteiger charge is 2.28. The number of methoxy groups -OCH3 is 2. The lowest BCUT2D eigenvalue weighted by Crippen LogP contribution is -2.13. The normalized spacial score (nSPS) is 13.8. The van der Waals surface area contributed by atoms with Crippen LogP contribution in [0.15, 0.2) is 27.6 Å². The molecular formula is C18H19N3O6S2. The number of thiophene rings is 1. The average Bonchev–Trinajstić information content (AvgIpc) is 3.29. The molecule has 1 N–H and O–H groups in total. The van der Waals surface area contributed by atoms with Crippen LogP contribution in [0.25, 0.3) is 11.5 Å². The van der Waals surface area contributed by atoms with Gasteiger partial charge in [0.2, 0.25) is 0 Å². The molecule has 3 heterocycles. The Kier molecular flexibility index (Phi) is 5.19. The number of nitrogens with zero attached hydrogens (tertiary/aromatic N) is 2. The minimum atomic E-state index is -3.90. The number of hydrogen-bond donors (Lipinski definition) is 1. The first-order chi connectivity index (χ1) is 13.9. The monoisotopic (exact) mass is 437 g/mol. The van der Waals surface area contributed by atoms with Gasteiger partial charge in [0.1, 0.15) is 5.00 Å². The summed E-state index contributed by atoms with van der Waals surface area (Å²) in [5, 5.41) is 4.25. The van der Waals surface area contributed by atoms with Crippen LogP contribution < -0.4 is 14.2 Å². The third kappa shape index (κ3) is 3.68. The summed E-state index contributed by atoms with van der Waals surface area (Å²) >= 11 is 1.31. The molecule has 1 aromatic carbocycles. The van der Waals surface area contributed by atoms with Crippen molar-refractivity contribution in [2.24, 2.45) is 0 Å². The summed E-state index contributed by atoms with van der Waals surface area (Å²) in [5.74, 6) is 1.52. The first-order valence-corrected chi connectivity index (χ1v) is 11.0. The number of ether oxygens (including phenoxy) is 3. The molecule has 1 aliphatic heterocycles. The second-order valence-electron chi connectivity index (χ2n) is 6.28. The van der Waals surface area contributed by atoms with Gasteiger partial charge < -0.3 is 18.7 Å². The topological polar surface area (TPSA) is 113 Å². The Bertz CT molecular complexity index is 1150. The Morgan fingerprint density at radius 1 is 1.21 bits per heavy atom. The van der Waals surface area contributed by atoms with Crippen molar-refractivity contribution in [3.63, 3.8) is 0 Å². The summed E-state index contributed by atoms with van der Waals surface area (Å²) in [6.07, 6.45) is 0.640. The molecule has 11 heteroatoms. The van der Waals surface area contributed by atoms with Gasteiger partial charge in [-0.1, -0.05) is 5.16 Å². The fourth-order valence-corrected chi connectivity index (χ4v) is 5.59. The van der Waals surface area contributed by atoms with Crippen LogP contribution in [0.5, 0.6) is 11.5 Å². The van der Waals surface area contributed by atoms with E-state index < -0.39 is 10.0 Å². The first-order valence-electron chi connectivity index (χ1n) is 8.70. The molecule has 2 aromatic heterocycles. The number of aryl methyl sites for hydroxylation is 1. The highest BCUT2D eigenvalue weighted by Crippen LogP contribution is 2.43. The van der Waals surface area contributed by atoms with E-state index in [1.54, 1.807) is 13.0 Å². The van der Waals surface area contributed by atoms with E-state index in [1.807, 2.05) is 0 Å². The van der Waals surface area contributed by atoms with E-state index in [-0.39, 0.29) is 10.8 Å². The van der Waals surface area contributed by atoms with E-state index in [0.29, 0.717) is 47.5 Å². The smallest absolute Gasteiger partial charge is 0.262 e. The molecule has 0 saturated heterocycles. The Morgan fingerprint density at radius 3 is 2.69 bits per heavy atom. The number of benzene rings is 1. The van der Waals surface area contributed by atoms with Crippen LogP contribution in [0.3, 0.4) is 0 Å². The van der Waals surface area contributed by atoms with Gasteiger partial charge in [0, 0.05) is 10.9 Å². The van der Waals surface area contributed by atoms with E-state index in [9.17, 15) is 8.42 Å². The molecule has 154 valence electrons. The van der Waals surface area contributed by atoms with Crippen molar-refractivity contribution in [3.05, 3.63) is 34.5 Å². The lowest BCUT2D eigenvalue weighted by Gasteiger charge is -2.12. The van der Waals surface area contributed by atoms with Crippen LogP contribution in [0.2, 0.25) is 0 Å². The number of aromatic nitrogens is 2. The van der Waals surface area contributed by atoms with Gasteiger partial charge in [-0.3, -0.25) is 4.72 Å². The molecule has 4 rings (SSSR count). The van der Waals surface area contributed by atoms with E-state index in [2.05, 4.69) is 14.9 Å². The average molecular weight is 437 g/mol. The van der Waals surface area contributed by atoms with Crippen LogP contribution in [0.1, 0.15) is 16.3 Å². The second kappa shape index (κ2) is 7.65. The maximum Gasteiger partial charge on any atom is 0.262 e. The van der Waals surface area contributed by atoms with Gasteiger partial charge in [-0.15, -0.1) is 11.3 Å². The van der Waals surface area contributed by atoms with Crippen LogP contribution in [0, 0.1) is 6.92 Å². The van der Waals surface area contributed by atoms with Gasteiger partial charge >= 0.3 is 0 Å². The van der Waals surface area contributed by atoms with Crippen LogP contribution in [-0.4, -0.2) is 39.4 Å². The van der Waals surface area contributed by atoms with Gasteiger partial charge in [0.25, 0.3) is 15.9 Å². The van der Waals surface area contributed by atoms with Crippen molar-refractivity contribution in [2.45, 2.75) is 24.8 Å². The van der Waals surface area contributed by atoms with E-state index in [4.69, 9.17) is 18.7 Å². The summed E-state index contributed by atoms with van der Waals surface area (Å²) in [5.41, 5.74) is 1.58. The Balaban J connectivity index is 1.77. The molecule has 0 atom stereocenters. The number of nitrogens with one attached hydrogen (secondary N) is 1. The highest BCUT2D eigenvalue weighted by molar-refractivity contribution is 7.93. The van der Waals surface area contributed by atoms with Gasteiger partial charge in [-0.05, 0) is 31.0 Å². The summed E-state index contributed by atoms with van der Waals surface area (Å²) in [4.78, 5) is 5.28. The maximum absolute atomic E-state index is 13.1. The molecule has 0 saturated carbocycles. The third-order valence-corrected chi connectivity index (χ3v) is 7.05. The number of rotatable bonds is 6. The number of sulfonamides is 1. The van der Waals surface area contributed by atoms with Crippen molar-refractivity contribution in [3.8, 4) is 23.0 Å². The molecule has 0 unspecified atom stereocenters. The zero-order valence-corrected chi connectivity index (χ0v) is 17.6. The van der Waals surface area contributed by atoms with Gasteiger partial charge in [0.05, 0.1) is 37.9 Å². The second-order valence-corrected chi connectivity index (χ2v) is 9.07. The fraction of sp³-hybridized carbons (Fsp3) is 0.333. The Labute approximate surface area is 171 Å². The van der Waals surface area contributed by atoms with E-state index in [1.165, 1.54) is 37.7 Å². The molecule has 0 aliphatic carbocycles. The third-order valence-electron chi connectivity index (χ3n) is 4.45. The molecule has 0 bridgehead atoms. The zero-order valence-electron chi connectivity index (χ0n) is 16.0. The number of anilines is 1. The predicted octanol–water partition coefficient (Wildman–Crippen LogP) is 3.00. The molecular weight excluding hydrogens is 418 g/mol. The summed E-state index contributed by atoms with van der Waals surface area (Å²) < 4.78 is 50.1. The van der Waals surface area contributed by atoms with Crippen molar-refractivity contribution in [1.29, 1.82) is 0 Å². The van der Waals surface area contributed by atoms with Gasteiger partial charge in [-0.25, -0.2) is 8.42 Å². The van der Waals surface area contributed by atoms with Crippen LogP contribution >= 0.6 is 11.3 Å². The molecule has 0 amide bonds. The lowest BCUT2D eigenvalue weighted by molar-refractivity contribution is 0.113. The lowest BCUT2D eigenvalue weighted by atomic mass is 10.1. The summed E-state index contributed by atoms with van der Waals surface area (Å²) in [6, 6.07) is 4.41. The van der Waals surface area contributed by atoms with Gasteiger partial charge in [0.15, 0.2) is 17.3 Å². The highest BCUT2D eigenvalue weighted by atomic mass is 32.2. The molecule has 0 radical (unpaired) electrons. The van der Waals surface area contributed by atoms with Crippen molar-refractivity contribution < 1.29 is 27.2 Å².